The van der Waals surface area contributed by atoms with Crippen molar-refractivity contribution in [3.05, 3.63) is 75.8 Å². The van der Waals surface area contributed by atoms with Gasteiger partial charge in [0.1, 0.15) is 18.0 Å². The van der Waals surface area contributed by atoms with Gasteiger partial charge in [0.05, 0.1) is 17.8 Å². The quantitative estimate of drug-likeness (QED) is 0.112. The summed E-state index contributed by atoms with van der Waals surface area (Å²) in [6.07, 6.45) is -0.563. The second-order valence-electron chi connectivity index (χ2n) is 8.13. The number of non-ortho nitro benzene ring substituents is 1. The minimum absolute atomic E-state index is 0.0722. The zero-order valence-corrected chi connectivity index (χ0v) is 20.1. The molecule has 37 heavy (non-hydrogen) atoms. The number of thioether (sulfide) groups is 1. The van der Waals surface area contributed by atoms with Gasteiger partial charge in [-0.1, -0.05) is 30.3 Å². The predicted octanol–water partition coefficient (Wildman–Crippen LogP) is 1.21. The number of β-lactam (4-membered cyclic amide) rings is 1. The van der Waals surface area contributed by atoms with Gasteiger partial charge in [0, 0.05) is 23.8 Å². The van der Waals surface area contributed by atoms with Gasteiger partial charge in [0.2, 0.25) is 17.6 Å². The van der Waals surface area contributed by atoms with E-state index >= 15 is 0 Å². The first-order chi connectivity index (χ1) is 17.6. The first-order valence-corrected chi connectivity index (χ1v) is 12.1. The normalized spacial score (nSPS) is 17.0. The number of hydrogen-bond acceptors (Lipinski definition) is 9. The summed E-state index contributed by atoms with van der Waals surface area (Å²) < 4.78 is 4.96. The second kappa shape index (κ2) is 12.6. The predicted molar refractivity (Wildman–Crippen MR) is 130 cm³/mol. The van der Waals surface area contributed by atoms with Crippen molar-refractivity contribution in [1.82, 2.24) is 10.6 Å². The molecule has 1 fully saturated rings. The Kier molecular flexibility index (Phi) is 9.33. The van der Waals surface area contributed by atoms with E-state index in [0.717, 1.165) is 17.3 Å². The number of amides is 2. The van der Waals surface area contributed by atoms with Gasteiger partial charge < -0.3 is 20.5 Å². The zero-order valence-electron chi connectivity index (χ0n) is 19.3. The number of nitrogens with one attached hydrogen (secondary N) is 2. The summed E-state index contributed by atoms with van der Waals surface area (Å²) in [5, 5.41) is 24.5. The number of ketones is 1. The van der Waals surface area contributed by atoms with Crippen LogP contribution in [0, 0.1) is 16.0 Å². The number of Topliss-reactive ketones (excluding diaryl/α,β-unsaturated/α-hetero) is 1. The number of ether oxygens (including phenoxy) is 1. The summed E-state index contributed by atoms with van der Waals surface area (Å²) in [6.45, 7) is -0.330. The van der Waals surface area contributed by atoms with Crippen molar-refractivity contribution in [3.63, 3.8) is 0 Å². The van der Waals surface area contributed by atoms with Crippen LogP contribution in [0.15, 0.2) is 54.6 Å². The van der Waals surface area contributed by atoms with Gasteiger partial charge in [-0.3, -0.25) is 29.3 Å². The molecule has 0 aliphatic carbocycles. The molecule has 2 amide bonds. The fraction of sp³-hybridized carbons (Fsp3) is 0.292. The lowest BCUT2D eigenvalue weighted by molar-refractivity contribution is -0.384. The third-order valence-electron chi connectivity index (χ3n) is 5.38. The number of carboxylic acids is 1. The van der Waals surface area contributed by atoms with Gasteiger partial charge in [0.25, 0.3) is 5.69 Å². The van der Waals surface area contributed by atoms with Crippen molar-refractivity contribution in [1.29, 1.82) is 0 Å². The number of carbonyl (C=O) groups is 5. The lowest BCUT2D eigenvalue weighted by atomic mass is 10.0. The van der Waals surface area contributed by atoms with Crippen molar-refractivity contribution >= 4 is 47.0 Å². The van der Waals surface area contributed by atoms with E-state index in [1.807, 2.05) is 6.07 Å². The molecule has 0 spiro atoms. The molecule has 1 unspecified atom stereocenters. The summed E-state index contributed by atoms with van der Waals surface area (Å²) in [5.74, 6) is -5.72. The Morgan fingerprint density at radius 1 is 1.08 bits per heavy atom. The van der Waals surface area contributed by atoms with Crippen molar-refractivity contribution in [2.75, 3.05) is 5.75 Å². The molecule has 3 N–H and O–H groups in total. The van der Waals surface area contributed by atoms with E-state index in [-0.39, 0.29) is 30.4 Å². The van der Waals surface area contributed by atoms with E-state index in [9.17, 15) is 39.2 Å². The lowest BCUT2D eigenvalue weighted by Crippen LogP contribution is -2.68. The molecule has 12 nitrogen and oxygen atoms in total. The van der Waals surface area contributed by atoms with Gasteiger partial charge in [-0.15, -0.1) is 11.8 Å². The Labute approximate surface area is 214 Å². The maximum absolute atomic E-state index is 12.6. The second-order valence-corrected chi connectivity index (χ2v) is 9.30. The minimum atomic E-state index is -1.30. The number of aliphatic carboxylic acids is 1. The average Bonchev–Trinajstić information content (AvgIpc) is 2.87. The van der Waals surface area contributed by atoms with Crippen LogP contribution in [0.25, 0.3) is 0 Å². The van der Waals surface area contributed by atoms with Crippen molar-refractivity contribution in [2.24, 2.45) is 5.92 Å². The summed E-state index contributed by atoms with van der Waals surface area (Å²) in [4.78, 5) is 70.5. The van der Waals surface area contributed by atoms with Crippen molar-refractivity contribution < 1.29 is 38.7 Å². The molecule has 2 aromatic carbocycles. The summed E-state index contributed by atoms with van der Waals surface area (Å²) in [6, 6.07) is 13.2. The number of esters is 1. The third-order valence-corrected chi connectivity index (χ3v) is 6.72. The summed E-state index contributed by atoms with van der Waals surface area (Å²) >= 11 is 1.04. The number of carboxylic acid groups (broad SMARTS) is 1. The number of hydrogen-bond donors (Lipinski definition) is 3. The number of nitro benzene ring substituents is 1. The molecular weight excluding hydrogens is 506 g/mol. The van der Waals surface area contributed by atoms with Crippen LogP contribution in [-0.2, 0) is 41.7 Å². The Balaban J connectivity index is 1.52. The van der Waals surface area contributed by atoms with E-state index in [2.05, 4.69) is 10.6 Å². The standard InChI is InChI=1S/C24H23N3O9S/c28-18(10-14-4-2-1-3-5-14)25-20-22(32)26-23(20)37-13-16(11-19(29)30)21(31)24(33)36-12-15-6-8-17(9-7-15)27(34)35/h1-9,16,20,23H,10-13H2,(H,25,28)(H,26,32)(H,29,30)/t16?,20-,23+/m0/s1. The number of nitro groups is 1. The highest BCUT2D eigenvalue weighted by Gasteiger charge is 2.42. The van der Waals surface area contributed by atoms with Crippen LogP contribution in [0.1, 0.15) is 17.5 Å². The number of rotatable bonds is 13. The van der Waals surface area contributed by atoms with Crippen LogP contribution in [0.3, 0.4) is 0 Å². The molecule has 1 saturated heterocycles. The minimum Gasteiger partial charge on any atom is -0.481 e. The summed E-state index contributed by atoms with van der Waals surface area (Å²) in [5.41, 5.74) is 1.02. The molecule has 13 heteroatoms. The zero-order chi connectivity index (χ0) is 26.9. The monoisotopic (exact) mass is 529 g/mol. The highest BCUT2D eigenvalue weighted by molar-refractivity contribution is 8.00. The number of carbonyl (C=O) groups excluding carboxylic acids is 4. The van der Waals surface area contributed by atoms with Gasteiger partial charge in [-0.2, -0.15) is 0 Å². The third kappa shape index (κ3) is 7.87. The van der Waals surface area contributed by atoms with Gasteiger partial charge >= 0.3 is 11.9 Å². The smallest absolute Gasteiger partial charge is 0.375 e. The number of nitrogens with zero attached hydrogens (tertiary/aromatic N) is 1. The van der Waals surface area contributed by atoms with E-state index in [0.29, 0.717) is 5.56 Å². The van der Waals surface area contributed by atoms with Crippen LogP contribution in [0.4, 0.5) is 5.69 Å². The first kappa shape index (κ1) is 27.3. The Bertz CT molecular complexity index is 1190. The molecule has 3 atom stereocenters. The van der Waals surface area contributed by atoms with E-state index in [4.69, 9.17) is 4.74 Å². The fourth-order valence-electron chi connectivity index (χ4n) is 3.40. The van der Waals surface area contributed by atoms with Crippen LogP contribution in [0.2, 0.25) is 0 Å². The molecule has 1 aliphatic rings. The van der Waals surface area contributed by atoms with Gasteiger partial charge in [0.15, 0.2) is 0 Å². The maximum Gasteiger partial charge on any atom is 0.375 e. The molecule has 0 aromatic heterocycles. The molecular formula is C24H23N3O9S. The van der Waals surface area contributed by atoms with Gasteiger partial charge in [-0.05, 0) is 23.3 Å². The molecule has 3 rings (SSSR count). The molecule has 194 valence electrons. The molecule has 1 aliphatic heterocycles. The highest BCUT2D eigenvalue weighted by Crippen LogP contribution is 2.25. The van der Waals surface area contributed by atoms with E-state index in [1.54, 1.807) is 24.3 Å². The average molecular weight is 530 g/mol. The van der Waals surface area contributed by atoms with Gasteiger partial charge in [-0.25, -0.2) is 4.79 Å². The molecule has 0 saturated carbocycles. The Hall–Kier alpha value is -4.26. The largest absolute Gasteiger partial charge is 0.481 e. The summed E-state index contributed by atoms with van der Waals surface area (Å²) in [7, 11) is 0. The van der Waals surface area contributed by atoms with Crippen LogP contribution >= 0.6 is 11.8 Å². The fourth-order valence-corrected chi connectivity index (χ4v) is 4.69. The van der Waals surface area contributed by atoms with E-state index in [1.165, 1.54) is 24.3 Å². The molecule has 0 bridgehead atoms. The van der Waals surface area contributed by atoms with Crippen LogP contribution in [0.5, 0.6) is 0 Å². The topological polar surface area (TPSA) is 182 Å². The number of benzene rings is 2. The maximum atomic E-state index is 12.6. The molecule has 2 aromatic rings. The van der Waals surface area contributed by atoms with E-state index < -0.39 is 52.3 Å². The SMILES string of the molecule is O=C(O)CC(CS[C@H]1NC(=O)[C@@H]1NC(=O)Cc1ccccc1)C(=O)C(=O)OCc1ccc([N+](=O)[O-])cc1. The first-order valence-electron chi connectivity index (χ1n) is 11.1. The highest BCUT2D eigenvalue weighted by atomic mass is 32.2. The lowest BCUT2D eigenvalue weighted by Gasteiger charge is -2.37. The molecule has 1 heterocycles. The Morgan fingerprint density at radius 2 is 1.76 bits per heavy atom. The van der Waals surface area contributed by atoms with Crippen molar-refractivity contribution in [3.8, 4) is 0 Å². The molecule has 0 radical (unpaired) electrons. The Morgan fingerprint density at radius 3 is 2.35 bits per heavy atom. The van der Waals surface area contributed by atoms with Crippen LogP contribution < -0.4 is 10.6 Å². The van der Waals surface area contributed by atoms with Crippen LogP contribution in [-0.4, -0.2) is 56.7 Å². The van der Waals surface area contributed by atoms with Crippen molar-refractivity contribution in [2.45, 2.75) is 30.9 Å².